The number of carbonyl (C=O) groups excluding carboxylic acids is 1. The van der Waals surface area contributed by atoms with Crippen LogP contribution in [-0.4, -0.2) is 18.7 Å². The summed E-state index contributed by atoms with van der Waals surface area (Å²) in [7, 11) is 0. The summed E-state index contributed by atoms with van der Waals surface area (Å²) in [5, 5.41) is 3.98. The molecule has 2 aromatic carbocycles. The van der Waals surface area contributed by atoms with Gasteiger partial charge in [0, 0.05) is 0 Å². The van der Waals surface area contributed by atoms with Crippen molar-refractivity contribution in [3.05, 3.63) is 65.7 Å². The van der Waals surface area contributed by atoms with E-state index in [2.05, 4.69) is 15.3 Å². The van der Waals surface area contributed by atoms with E-state index in [1.165, 1.54) is 12.1 Å². The fraction of sp³-hybridized carbons (Fsp3) is 0.263. The van der Waals surface area contributed by atoms with Crippen LogP contribution < -0.4 is 10.2 Å². The molecule has 0 radical (unpaired) electrons. The molecule has 2 rings (SSSR count). The van der Waals surface area contributed by atoms with Gasteiger partial charge in [-0.2, -0.15) is 13.9 Å². The van der Waals surface area contributed by atoms with Crippen molar-refractivity contribution in [3.8, 4) is 5.75 Å². The number of nitrogens with zero attached hydrogens (tertiary/aromatic N) is 1. The molecule has 132 valence electrons. The molecule has 2 aromatic rings. The van der Waals surface area contributed by atoms with Crippen molar-refractivity contribution < 1.29 is 18.3 Å². The van der Waals surface area contributed by atoms with Gasteiger partial charge in [0.05, 0.1) is 12.1 Å². The number of alkyl halides is 2. The SMILES string of the molecule is CC(C)[C@@H](C(=O)N/N=C\c1ccccc1)c1ccc(OC(F)F)cc1. The summed E-state index contributed by atoms with van der Waals surface area (Å²) in [5.41, 5.74) is 4.12. The number of nitrogens with one attached hydrogen (secondary N) is 1. The average molecular weight is 346 g/mol. The lowest BCUT2D eigenvalue weighted by atomic mass is 9.88. The molecular weight excluding hydrogens is 326 g/mol. The first-order valence-corrected chi connectivity index (χ1v) is 7.90. The Kier molecular flexibility index (Phi) is 6.62. The van der Waals surface area contributed by atoms with Crippen LogP contribution in [0.25, 0.3) is 0 Å². The quantitative estimate of drug-likeness (QED) is 0.604. The number of amides is 1. The molecular formula is C19H20F2N2O2. The highest BCUT2D eigenvalue weighted by atomic mass is 19.3. The molecule has 25 heavy (non-hydrogen) atoms. The largest absolute Gasteiger partial charge is 0.435 e. The second-order valence-corrected chi connectivity index (χ2v) is 5.81. The Labute approximate surface area is 145 Å². The Balaban J connectivity index is 2.06. The summed E-state index contributed by atoms with van der Waals surface area (Å²) in [4.78, 5) is 12.5. The number of ether oxygens (including phenoxy) is 1. The molecule has 0 saturated carbocycles. The van der Waals surface area contributed by atoms with E-state index in [4.69, 9.17) is 0 Å². The van der Waals surface area contributed by atoms with Gasteiger partial charge >= 0.3 is 6.61 Å². The minimum atomic E-state index is -2.87. The molecule has 1 amide bonds. The molecule has 6 heteroatoms. The van der Waals surface area contributed by atoms with Crippen molar-refractivity contribution in [2.24, 2.45) is 11.0 Å². The Morgan fingerprint density at radius 3 is 2.28 bits per heavy atom. The Morgan fingerprint density at radius 2 is 1.72 bits per heavy atom. The molecule has 0 bridgehead atoms. The number of hydrogen-bond acceptors (Lipinski definition) is 3. The number of halogens is 2. The van der Waals surface area contributed by atoms with Gasteiger partial charge in [0.25, 0.3) is 0 Å². The van der Waals surface area contributed by atoms with Gasteiger partial charge in [-0.15, -0.1) is 0 Å². The van der Waals surface area contributed by atoms with Crippen LogP contribution in [0.1, 0.15) is 30.9 Å². The lowest BCUT2D eigenvalue weighted by Gasteiger charge is -2.19. The third kappa shape index (κ3) is 5.67. The molecule has 0 unspecified atom stereocenters. The topological polar surface area (TPSA) is 50.7 Å². The zero-order chi connectivity index (χ0) is 18.2. The molecule has 0 aromatic heterocycles. The summed E-state index contributed by atoms with van der Waals surface area (Å²) in [6.45, 7) is 0.950. The third-order valence-electron chi connectivity index (χ3n) is 3.60. The first-order chi connectivity index (χ1) is 12.0. The van der Waals surface area contributed by atoms with Crippen molar-refractivity contribution >= 4 is 12.1 Å². The van der Waals surface area contributed by atoms with Crippen LogP contribution in [0, 0.1) is 5.92 Å². The molecule has 0 aliphatic carbocycles. The van der Waals surface area contributed by atoms with Crippen LogP contribution in [0.2, 0.25) is 0 Å². The van der Waals surface area contributed by atoms with Crippen LogP contribution in [0.5, 0.6) is 5.75 Å². The Morgan fingerprint density at radius 1 is 1.08 bits per heavy atom. The first-order valence-electron chi connectivity index (χ1n) is 7.90. The van der Waals surface area contributed by atoms with Gasteiger partial charge in [0.15, 0.2) is 0 Å². The summed E-state index contributed by atoms with van der Waals surface area (Å²) in [6.07, 6.45) is 1.56. The van der Waals surface area contributed by atoms with E-state index in [1.807, 2.05) is 44.2 Å². The first kappa shape index (κ1) is 18.6. The summed E-state index contributed by atoms with van der Waals surface area (Å²) in [6, 6.07) is 15.5. The number of rotatable bonds is 7. The smallest absolute Gasteiger partial charge is 0.387 e. The van der Waals surface area contributed by atoms with Crippen LogP contribution >= 0.6 is 0 Å². The van der Waals surface area contributed by atoms with E-state index in [0.29, 0.717) is 5.56 Å². The maximum absolute atomic E-state index is 12.5. The van der Waals surface area contributed by atoms with Gasteiger partial charge in [-0.25, -0.2) is 5.43 Å². The number of hydrazone groups is 1. The van der Waals surface area contributed by atoms with Gasteiger partial charge in [0.2, 0.25) is 5.91 Å². The maximum atomic E-state index is 12.5. The molecule has 0 aliphatic rings. The highest BCUT2D eigenvalue weighted by Gasteiger charge is 2.24. The molecule has 1 atom stereocenters. The highest BCUT2D eigenvalue weighted by Crippen LogP contribution is 2.27. The normalized spacial score (nSPS) is 12.6. The van der Waals surface area contributed by atoms with Gasteiger partial charge in [0.1, 0.15) is 5.75 Å². The summed E-state index contributed by atoms with van der Waals surface area (Å²) < 4.78 is 28.8. The highest BCUT2D eigenvalue weighted by molar-refractivity contribution is 5.86. The minimum absolute atomic E-state index is 0.00814. The van der Waals surface area contributed by atoms with Gasteiger partial charge in [-0.1, -0.05) is 56.3 Å². The van der Waals surface area contributed by atoms with Gasteiger partial charge in [-0.3, -0.25) is 4.79 Å². The molecule has 0 heterocycles. The zero-order valence-corrected chi connectivity index (χ0v) is 14.0. The number of benzene rings is 2. The molecule has 0 aliphatic heterocycles. The second-order valence-electron chi connectivity index (χ2n) is 5.81. The lowest BCUT2D eigenvalue weighted by Crippen LogP contribution is -2.28. The molecule has 1 N–H and O–H groups in total. The van der Waals surface area contributed by atoms with E-state index in [0.717, 1.165) is 5.56 Å². The predicted molar refractivity (Wildman–Crippen MR) is 92.8 cm³/mol. The second kappa shape index (κ2) is 8.92. The number of hydrogen-bond donors (Lipinski definition) is 1. The Hall–Kier alpha value is -2.76. The van der Waals surface area contributed by atoms with E-state index in [1.54, 1.807) is 18.3 Å². The molecule has 4 nitrogen and oxygen atoms in total. The van der Waals surface area contributed by atoms with E-state index in [9.17, 15) is 13.6 Å². The van der Waals surface area contributed by atoms with E-state index >= 15 is 0 Å². The van der Waals surface area contributed by atoms with Gasteiger partial charge < -0.3 is 4.74 Å². The van der Waals surface area contributed by atoms with Crippen LogP contribution in [0.4, 0.5) is 8.78 Å². The van der Waals surface area contributed by atoms with Crippen LogP contribution in [0.3, 0.4) is 0 Å². The maximum Gasteiger partial charge on any atom is 0.387 e. The fourth-order valence-electron chi connectivity index (χ4n) is 2.47. The lowest BCUT2D eigenvalue weighted by molar-refractivity contribution is -0.123. The van der Waals surface area contributed by atoms with Crippen molar-refractivity contribution in [3.63, 3.8) is 0 Å². The molecule has 0 fully saturated rings. The van der Waals surface area contributed by atoms with Crippen LogP contribution in [-0.2, 0) is 4.79 Å². The fourth-order valence-corrected chi connectivity index (χ4v) is 2.47. The summed E-state index contributed by atoms with van der Waals surface area (Å²) >= 11 is 0. The molecule has 0 spiro atoms. The van der Waals surface area contributed by atoms with Crippen molar-refractivity contribution in [1.29, 1.82) is 0 Å². The summed E-state index contributed by atoms with van der Waals surface area (Å²) in [5.74, 6) is -0.643. The van der Waals surface area contributed by atoms with Crippen molar-refractivity contribution in [2.75, 3.05) is 0 Å². The number of carbonyl (C=O) groups is 1. The van der Waals surface area contributed by atoms with Crippen LogP contribution in [0.15, 0.2) is 59.7 Å². The van der Waals surface area contributed by atoms with E-state index in [-0.39, 0.29) is 17.6 Å². The molecule has 0 saturated heterocycles. The Bertz CT molecular complexity index is 701. The van der Waals surface area contributed by atoms with Crippen molar-refractivity contribution in [2.45, 2.75) is 26.4 Å². The minimum Gasteiger partial charge on any atom is -0.435 e. The van der Waals surface area contributed by atoms with E-state index < -0.39 is 12.5 Å². The monoisotopic (exact) mass is 346 g/mol. The standard InChI is InChI=1S/C19H20F2N2O2/c1-13(2)17(15-8-10-16(11-9-15)25-19(20)21)18(24)23-22-12-14-6-4-3-5-7-14/h3-13,17,19H,1-2H3,(H,23,24)/b22-12-/t17-/m1/s1. The average Bonchev–Trinajstić information content (AvgIpc) is 2.57. The third-order valence-corrected chi connectivity index (χ3v) is 3.60. The van der Waals surface area contributed by atoms with Gasteiger partial charge in [-0.05, 0) is 29.2 Å². The predicted octanol–water partition coefficient (Wildman–Crippen LogP) is 4.18. The van der Waals surface area contributed by atoms with Crippen molar-refractivity contribution in [1.82, 2.24) is 5.43 Å². The zero-order valence-electron chi connectivity index (χ0n) is 14.0.